The number of nitrogens with one attached hydrogen (secondary N) is 1. The molecule has 1 atom stereocenters. The summed E-state index contributed by atoms with van der Waals surface area (Å²) in [5.41, 5.74) is -0.652. The van der Waals surface area contributed by atoms with Crippen LogP contribution in [0.2, 0.25) is 0 Å². The third kappa shape index (κ3) is 6.46. The number of likely N-dealkylation sites (N-methyl/N-ethyl adjacent to an activating group) is 1. The molecule has 32 heavy (non-hydrogen) atoms. The molecule has 0 bridgehead atoms. The average molecular weight is 472 g/mol. The molecule has 0 aliphatic rings. The lowest BCUT2D eigenvalue weighted by Crippen LogP contribution is -2.50. The van der Waals surface area contributed by atoms with E-state index in [0.29, 0.717) is 15.9 Å². The second kappa shape index (κ2) is 10.0. The number of amides is 2. The standard InChI is InChI=1S/C21H24F3N3O4S/c1-15(20(29)25-2)26(13-16-8-5-4-6-9-16)19(28)14-27(32(3,30)31)18-11-7-10-17(12-18)21(22,23)24/h4-12,15H,13-14H2,1-3H3,(H,25,29). The first kappa shape index (κ1) is 25.2. The number of rotatable bonds is 8. The number of anilines is 1. The van der Waals surface area contributed by atoms with E-state index < -0.39 is 46.2 Å². The Morgan fingerprint density at radius 2 is 1.69 bits per heavy atom. The van der Waals surface area contributed by atoms with Crippen molar-refractivity contribution in [3.05, 3.63) is 65.7 Å². The zero-order chi connectivity index (χ0) is 24.1. The zero-order valence-electron chi connectivity index (χ0n) is 17.8. The summed E-state index contributed by atoms with van der Waals surface area (Å²) < 4.78 is 64.6. The number of hydrogen-bond acceptors (Lipinski definition) is 4. The van der Waals surface area contributed by atoms with E-state index >= 15 is 0 Å². The molecule has 174 valence electrons. The summed E-state index contributed by atoms with van der Waals surface area (Å²) in [7, 11) is -2.72. The molecule has 1 unspecified atom stereocenters. The molecule has 0 aliphatic heterocycles. The van der Waals surface area contributed by atoms with Gasteiger partial charge in [0.2, 0.25) is 21.8 Å². The van der Waals surface area contributed by atoms with E-state index in [1.807, 2.05) is 0 Å². The Hall–Kier alpha value is -3.08. The SMILES string of the molecule is CNC(=O)C(C)N(Cc1ccccc1)C(=O)CN(c1cccc(C(F)(F)F)c1)S(C)(=O)=O. The highest BCUT2D eigenvalue weighted by Gasteiger charge is 2.33. The third-order valence-corrected chi connectivity index (χ3v) is 5.89. The van der Waals surface area contributed by atoms with E-state index in [9.17, 15) is 31.2 Å². The van der Waals surface area contributed by atoms with Crippen LogP contribution in [0.4, 0.5) is 18.9 Å². The lowest BCUT2D eigenvalue weighted by molar-refractivity contribution is -0.139. The fraction of sp³-hybridized carbons (Fsp3) is 0.333. The molecule has 0 fully saturated rings. The van der Waals surface area contributed by atoms with Crippen molar-refractivity contribution in [3.63, 3.8) is 0 Å². The highest BCUT2D eigenvalue weighted by atomic mass is 32.2. The van der Waals surface area contributed by atoms with Crippen LogP contribution in [0.3, 0.4) is 0 Å². The van der Waals surface area contributed by atoms with Crippen molar-refractivity contribution in [2.45, 2.75) is 25.7 Å². The topological polar surface area (TPSA) is 86.8 Å². The maximum Gasteiger partial charge on any atom is 0.416 e. The summed E-state index contributed by atoms with van der Waals surface area (Å²) in [5, 5.41) is 2.44. The number of carbonyl (C=O) groups excluding carboxylic acids is 2. The highest BCUT2D eigenvalue weighted by molar-refractivity contribution is 7.92. The third-order valence-electron chi connectivity index (χ3n) is 4.75. The van der Waals surface area contributed by atoms with Crippen molar-refractivity contribution in [1.82, 2.24) is 10.2 Å². The molecule has 2 aromatic carbocycles. The molecule has 0 spiro atoms. The summed E-state index contributed by atoms with van der Waals surface area (Å²) in [4.78, 5) is 26.5. The molecule has 1 N–H and O–H groups in total. The molecule has 11 heteroatoms. The highest BCUT2D eigenvalue weighted by Crippen LogP contribution is 2.32. The Kier molecular flexibility index (Phi) is 7.89. The van der Waals surface area contributed by atoms with Crippen LogP contribution in [0.25, 0.3) is 0 Å². The van der Waals surface area contributed by atoms with Gasteiger partial charge in [0.25, 0.3) is 0 Å². The zero-order valence-corrected chi connectivity index (χ0v) is 18.6. The average Bonchev–Trinajstić information content (AvgIpc) is 2.74. The second-order valence-electron chi connectivity index (χ2n) is 7.12. The predicted octanol–water partition coefficient (Wildman–Crippen LogP) is 2.63. The van der Waals surface area contributed by atoms with Gasteiger partial charge in [0.05, 0.1) is 17.5 Å². The molecule has 0 aromatic heterocycles. The lowest BCUT2D eigenvalue weighted by atomic mass is 10.1. The summed E-state index contributed by atoms with van der Waals surface area (Å²) in [6.07, 6.45) is -3.89. The molecule has 2 amide bonds. The fourth-order valence-corrected chi connectivity index (χ4v) is 3.86. The molecular formula is C21H24F3N3O4S. The van der Waals surface area contributed by atoms with Crippen LogP contribution in [-0.4, -0.2) is 51.0 Å². The van der Waals surface area contributed by atoms with Gasteiger partial charge in [0, 0.05) is 13.6 Å². The molecule has 0 saturated heterocycles. The van der Waals surface area contributed by atoms with Crippen molar-refractivity contribution in [3.8, 4) is 0 Å². The van der Waals surface area contributed by atoms with E-state index in [2.05, 4.69) is 5.32 Å². The van der Waals surface area contributed by atoms with Crippen LogP contribution in [0.15, 0.2) is 54.6 Å². The van der Waals surface area contributed by atoms with Gasteiger partial charge < -0.3 is 10.2 Å². The minimum absolute atomic E-state index is 0.00839. The van der Waals surface area contributed by atoms with Gasteiger partial charge >= 0.3 is 6.18 Å². The molecular weight excluding hydrogens is 447 g/mol. The molecule has 0 heterocycles. The van der Waals surface area contributed by atoms with Crippen LogP contribution in [0.5, 0.6) is 0 Å². The van der Waals surface area contributed by atoms with Crippen LogP contribution in [0.1, 0.15) is 18.1 Å². The normalized spacial score (nSPS) is 12.7. The first-order valence-corrected chi connectivity index (χ1v) is 11.4. The Bertz CT molecular complexity index is 1060. The smallest absolute Gasteiger partial charge is 0.357 e. The maximum atomic E-state index is 13.1. The predicted molar refractivity (Wildman–Crippen MR) is 114 cm³/mol. The number of carbonyl (C=O) groups is 2. The first-order valence-electron chi connectivity index (χ1n) is 9.54. The number of halogens is 3. The van der Waals surface area contributed by atoms with Gasteiger partial charge in [-0.2, -0.15) is 13.2 Å². The monoisotopic (exact) mass is 471 g/mol. The lowest BCUT2D eigenvalue weighted by Gasteiger charge is -2.31. The maximum absolute atomic E-state index is 13.1. The van der Waals surface area contributed by atoms with Crippen molar-refractivity contribution < 1.29 is 31.2 Å². The van der Waals surface area contributed by atoms with Crippen molar-refractivity contribution >= 4 is 27.5 Å². The Morgan fingerprint density at radius 3 is 2.22 bits per heavy atom. The molecule has 0 radical (unpaired) electrons. The van der Waals surface area contributed by atoms with Gasteiger partial charge in [0.1, 0.15) is 12.6 Å². The summed E-state index contributed by atoms with van der Waals surface area (Å²) in [5.74, 6) is -1.22. The first-order chi connectivity index (χ1) is 14.8. The molecule has 2 rings (SSSR count). The van der Waals surface area contributed by atoms with Gasteiger partial charge in [-0.05, 0) is 30.7 Å². The van der Waals surface area contributed by atoms with Crippen LogP contribution >= 0.6 is 0 Å². The minimum Gasteiger partial charge on any atom is -0.357 e. The number of benzene rings is 2. The minimum atomic E-state index is -4.68. The molecule has 7 nitrogen and oxygen atoms in total. The van der Waals surface area contributed by atoms with E-state index in [4.69, 9.17) is 0 Å². The van der Waals surface area contributed by atoms with Crippen LogP contribution < -0.4 is 9.62 Å². The number of sulfonamides is 1. The molecule has 0 saturated carbocycles. The van der Waals surface area contributed by atoms with Gasteiger partial charge in [-0.3, -0.25) is 13.9 Å². The van der Waals surface area contributed by atoms with E-state index in [-0.39, 0.29) is 12.2 Å². The van der Waals surface area contributed by atoms with Gasteiger partial charge in [-0.1, -0.05) is 36.4 Å². The van der Waals surface area contributed by atoms with Gasteiger partial charge in [-0.15, -0.1) is 0 Å². The summed E-state index contributed by atoms with van der Waals surface area (Å²) >= 11 is 0. The van der Waals surface area contributed by atoms with E-state index in [0.717, 1.165) is 18.4 Å². The summed E-state index contributed by atoms with van der Waals surface area (Å²) in [6, 6.07) is 11.5. The van der Waals surface area contributed by atoms with Crippen molar-refractivity contribution in [1.29, 1.82) is 0 Å². The van der Waals surface area contributed by atoms with Crippen molar-refractivity contribution in [2.75, 3.05) is 24.2 Å². The molecule has 2 aromatic rings. The van der Waals surface area contributed by atoms with Gasteiger partial charge in [-0.25, -0.2) is 8.42 Å². The quantitative estimate of drug-likeness (QED) is 0.641. The number of hydrogen-bond donors (Lipinski definition) is 1. The van der Waals surface area contributed by atoms with Crippen LogP contribution in [-0.2, 0) is 32.3 Å². The number of nitrogens with zero attached hydrogens (tertiary/aromatic N) is 2. The second-order valence-corrected chi connectivity index (χ2v) is 9.02. The van der Waals surface area contributed by atoms with Crippen LogP contribution in [0, 0.1) is 0 Å². The van der Waals surface area contributed by atoms with Gasteiger partial charge in [0.15, 0.2) is 0 Å². The van der Waals surface area contributed by atoms with Crippen molar-refractivity contribution in [2.24, 2.45) is 0 Å². The largest absolute Gasteiger partial charge is 0.416 e. The summed E-state index contributed by atoms with van der Waals surface area (Å²) in [6.45, 7) is 0.720. The van der Waals surface area contributed by atoms with E-state index in [1.54, 1.807) is 30.3 Å². The van der Waals surface area contributed by atoms with E-state index in [1.165, 1.54) is 24.9 Å². The Labute approximate surface area is 184 Å². The fourth-order valence-electron chi connectivity index (χ4n) is 3.02. The Balaban J connectivity index is 2.41. The Morgan fingerprint density at radius 1 is 1.06 bits per heavy atom. The number of alkyl halides is 3. The molecule has 0 aliphatic carbocycles.